The van der Waals surface area contributed by atoms with Crippen LogP contribution >= 0.6 is 22.7 Å². The molecule has 178 valence electrons. The molecular formula is C24H27N5O3S2. The number of nitrogens with zero attached hydrogens (tertiary/aromatic N) is 4. The number of amides is 2. The van der Waals surface area contributed by atoms with Gasteiger partial charge >= 0.3 is 6.09 Å². The number of hydrogen-bond acceptors (Lipinski definition) is 6. The average molecular weight is 498 g/mol. The number of rotatable bonds is 13. The summed E-state index contributed by atoms with van der Waals surface area (Å²) in [5.41, 5.74) is 10.0. The molecule has 0 aliphatic rings. The Morgan fingerprint density at radius 1 is 1.00 bits per heavy atom. The van der Waals surface area contributed by atoms with Crippen LogP contribution in [0.5, 0.6) is 0 Å². The first kappa shape index (κ1) is 25.3. The van der Waals surface area contributed by atoms with Gasteiger partial charge in [-0.25, -0.2) is 4.79 Å². The molecule has 0 fully saturated rings. The molecule has 8 nitrogen and oxygen atoms in total. The minimum atomic E-state index is -0.795. The Balaban J connectivity index is 1.46. The largest absolute Gasteiger partial charge is 0.450 e. The van der Waals surface area contributed by atoms with Crippen molar-refractivity contribution in [3.8, 4) is 0 Å². The minimum Gasteiger partial charge on any atom is -0.450 e. The summed E-state index contributed by atoms with van der Waals surface area (Å²) in [4.78, 5) is 31.9. The van der Waals surface area contributed by atoms with E-state index < -0.39 is 12.1 Å². The lowest BCUT2D eigenvalue weighted by Gasteiger charge is -2.25. The van der Waals surface area contributed by atoms with Crippen LogP contribution in [0.25, 0.3) is 10.4 Å². The normalized spacial score (nSPS) is 11.3. The second-order valence-electron chi connectivity index (χ2n) is 7.54. The third kappa shape index (κ3) is 8.55. The average Bonchev–Trinajstić information content (AvgIpc) is 3.56. The molecule has 0 radical (unpaired) electrons. The molecule has 1 atom stereocenters. The van der Waals surface area contributed by atoms with E-state index in [-0.39, 0.29) is 12.5 Å². The summed E-state index contributed by atoms with van der Waals surface area (Å²) in [7, 11) is 0. The van der Waals surface area contributed by atoms with Gasteiger partial charge in [-0.15, -0.1) is 22.7 Å². The molecule has 1 aromatic carbocycles. The number of alkyl carbamates (subject to hydrolysis) is 1. The SMILES string of the molecule is [N-]=[N+]=N[C@H](CCCCOC(=O)NCc1ccccc1)C(=O)N(Cc1cccs1)Cc1cccs1. The zero-order valence-electron chi connectivity index (χ0n) is 18.7. The molecule has 0 aliphatic carbocycles. The Kier molecular flexibility index (Phi) is 10.4. The molecule has 34 heavy (non-hydrogen) atoms. The first-order valence-electron chi connectivity index (χ1n) is 11.0. The van der Waals surface area contributed by atoms with Gasteiger partial charge in [0.25, 0.3) is 0 Å². The van der Waals surface area contributed by atoms with Crippen LogP contribution < -0.4 is 5.32 Å². The van der Waals surface area contributed by atoms with Gasteiger partial charge in [-0.05, 0) is 53.2 Å². The third-order valence-corrected chi connectivity index (χ3v) is 6.75. The van der Waals surface area contributed by atoms with Crippen LogP contribution in [0.1, 0.15) is 34.6 Å². The number of carbonyl (C=O) groups excluding carboxylic acids is 2. The van der Waals surface area contributed by atoms with E-state index in [9.17, 15) is 9.59 Å². The van der Waals surface area contributed by atoms with Crippen LogP contribution in [0.2, 0.25) is 0 Å². The zero-order chi connectivity index (χ0) is 24.0. The fourth-order valence-corrected chi connectivity index (χ4v) is 4.76. The Hall–Kier alpha value is -3.33. The van der Waals surface area contributed by atoms with Crippen LogP contribution in [0, 0.1) is 0 Å². The van der Waals surface area contributed by atoms with E-state index in [1.165, 1.54) is 0 Å². The molecule has 0 unspecified atom stereocenters. The Bertz CT molecular complexity index is 1020. The molecule has 2 amide bonds. The van der Waals surface area contributed by atoms with Crippen molar-refractivity contribution >= 4 is 34.7 Å². The molecule has 1 N–H and O–H groups in total. The van der Waals surface area contributed by atoms with Crippen molar-refractivity contribution in [1.29, 1.82) is 0 Å². The standard InChI is InChI=1S/C24H27N5O3S2/c25-28-27-22(12-4-5-13-32-24(31)26-16-19-8-2-1-3-9-19)23(30)29(17-20-10-6-14-33-20)18-21-11-7-15-34-21/h1-3,6-11,14-15,22H,4-5,12-13,16-18H2,(H,26,31)/t22-/m1/s1. The fraction of sp³-hybridized carbons (Fsp3) is 0.333. The summed E-state index contributed by atoms with van der Waals surface area (Å²) in [5, 5.41) is 10.4. The maximum atomic E-state index is 13.3. The molecule has 0 saturated heterocycles. The lowest BCUT2D eigenvalue weighted by atomic mass is 10.1. The van der Waals surface area contributed by atoms with Crippen molar-refractivity contribution in [3.63, 3.8) is 0 Å². The van der Waals surface area contributed by atoms with E-state index >= 15 is 0 Å². The van der Waals surface area contributed by atoms with Crippen LogP contribution in [-0.2, 0) is 29.2 Å². The Morgan fingerprint density at radius 3 is 2.26 bits per heavy atom. The quantitative estimate of drug-likeness (QED) is 0.133. The van der Waals surface area contributed by atoms with E-state index in [0.29, 0.717) is 38.9 Å². The predicted octanol–water partition coefficient (Wildman–Crippen LogP) is 6.11. The second-order valence-corrected chi connectivity index (χ2v) is 9.61. The van der Waals surface area contributed by atoms with Crippen molar-refractivity contribution in [1.82, 2.24) is 10.2 Å². The summed E-state index contributed by atoms with van der Waals surface area (Å²) in [6, 6.07) is 16.7. The lowest BCUT2D eigenvalue weighted by Crippen LogP contribution is -2.37. The highest BCUT2D eigenvalue weighted by molar-refractivity contribution is 7.10. The van der Waals surface area contributed by atoms with Crippen molar-refractivity contribution in [2.75, 3.05) is 6.61 Å². The number of benzene rings is 1. The van der Waals surface area contributed by atoms with Gasteiger partial charge in [0.05, 0.1) is 19.7 Å². The highest BCUT2D eigenvalue weighted by Crippen LogP contribution is 2.20. The van der Waals surface area contributed by atoms with Gasteiger partial charge in [-0.2, -0.15) is 0 Å². The minimum absolute atomic E-state index is 0.193. The topological polar surface area (TPSA) is 107 Å². The van der Waals surface area contributed by atoms with Crippen LogP contribution in [0.3, 0.4) is 0 Å². The molecule has 0 saturated carbocycles. The van der Waals surface area contributed by atoms with E-state index in [4.69, 9.17) is 10.3 Å². The van der Waals surface area contributed by atoms with E-state index in [1.807, 2.05) is 65.4 Å². The summed E-state index contributed by atoms with van der Waals surface area (Å²) >= 11 is 3.18. The third-order valence-electron chi connectivity index (χ3n) is 5.03. The summed E-state index contributed by atoms with van der Waals surface area (Å²) in [6.07, 6.45) is 1.07. The zero-order valence-corrected chi connectivity index (χ0v) is 20.3. The van der Waals surface area contributed by atoms with Crippen molar-refractivity contribution < 1.29 is 14.3 Å². The fourth-order valence-electron chi connectivity index (χ4n) is 3.32. The number of unbranched alkanes of at least 4 members (excludes halogenated alkanes) is 1. The van der Waals surface area contributed by atoms with Crippen molar-refractivity contribution in [3.05, 3.63) is 91.1 Å². The highest BCUT2D eigenvalue weighted by Gasteiger charge is 2.24. The van der Waals surface area contributed by atoms with Crippen molar-refractivity contribution in [2.45, 2.75) is 44.9 Å². The van der Waals surface area contributed by atoms with Crippen LogP contribution in [0.4, 0.5) is 4.79 Å². The summed E-state index contributed by atoms with van der Waals surface area (Å²) in [5.74, 6) is -0.193. The maximum absolute atomic E-state index is 13.3. The van der Waals surface area contributed by atoms with Crippen LogP contribution in [-0.4, -0.2) is 29.5 Å². The number of thiophene rings is 2. The Labute approximate surface area is 206 Å². The van der Waals surface area contributed by atoms with Crippen molar-refractivity contribution in [2.24, 2.45) is 5.11 Å². The highest BCUT2D eigenvalue weighted by atomic mass is 32.1. The number of hydrogen-bond donors (Lipinski definition) is 1. The van der Waals surface area contributed by atoms with E-state index in [1.54, 1.807) is 27.6 Å². The van der Waals surface area contributed by atoms with Gasteiger partial charge in [-0.3, -0.25) is 4.79 Å². The van der Waals surface area contributed by atoms with Gasteiger partial charge < -0.3 is 15.0 Å². The first-order chi connectivity index (χ1) is 16.7. The predicted molar refractivity (Wildman–Crippen MR) is 134 cm³/mol. The molecule has 2 heterocycles. The second kappa shape index (κ2) is 14.0. The lowest BCUT2D eigenvalue weighted by molar-refractivity contribution is -0.134. The number of nitrogens with one attached hydrogen (secondary N) is 1. The number of azide groups is 1. The molecule has 0 spiro atoms. The molecule has 0 bridgehead atoms. The van der Waals surface area contributed by atoms with E-state index in [0.717, 1.165) is 15.3 Å². The Morgan fingerprint density at radius 2 is 1.68 bits per heavy atom. The molecule has 2 aromatic heterocycles. The summed E-state index contributed by atoms with van der Waals surface area (Å²) < 4.78 is 5.21. The molecule has 3 rings (SSSR count). The van der Waals surface area contributed by atoms with E-state index in [2.05, 4.69) is 15.3 Å². The van der Waals surface area contributed by atoms with Gasteiger partial charge in [-0.1, -0.05) is 47.6 Å². The monoisotopic (exact) mass is 497 g/mol. The van der Waals surface area contributed by atoms with Gasteiger partial charge in [0.15, 0.2) is 0 Å². The first-order valence-corrected chi connectivity index (χ1v) is 12.7. The molecule has 3 aromatic rings. The molecule has 10 heteroatoms. The van der Waals surface area contributed by atoms with Crippen LogP contribution in [0.15, 0.2) is 70.5 Å². The number of ether oxygens (including phenoxy) is 1. The maximum Gasteiger partial charge on any atom is 0.407 e. The summed E-state index contributed by atoms with van der Waals surface area (Å²) in [6.45, 7) is 1.57. The molecular weight excluding hydrogens is 470 g/mol. The van der Waals surface area contributed by atoms with Gasteiger partial charge in [0, 0.05) is 21.2 Å². The van der Waals surface area contributed by atoms with Gasteiger partial charge in [0.2, 0.25) is 5.91 Å². The van der Waals surface area contributed by atoms with Gasteiger partial charge in [0.1, 0.15) is 6.04 Å². The number of carbonyl (C=O) groups is 2. The molecule has 0 aliphatic heterocycles. The smallest absolute Gasteiger partial charge is 0.407 e.